The summed E-state index contributed by atoms with van der Waals surface area (Å²) in [6, 6.07) is 4.48. The topological polar surface area (TPSA) is 181 Å². The van der Waals surface area contributed by atoms with Crippen LogP contribution in [0.15, 0.2) is 41.9 Å². The van der Waals surface area contributed by atoms with Gasteiger partial charge in [0.25, 0.3) is 11.6 Å². The molecule has 1 aromatic carbocycles. The minimum atomic E-state index is -0.935. The number of aliphatic hydroxyl groups is 1. The number of nitrogens with zero attached hydrogens (tertiary/aromatic N) is 3. The van der Waals surface area contributed by atoms with Gasteiger partial charge >= 0.3 is 5.97 Å². The molecule has 13 nitrogen and oxygen atoms in total. The first-order valence-corrected chi connectivity index (χ1v) is 12.9. The molecule has 0 saturated carbocycles. The number of fused-ring (bicyclic) bond motifs is 1. The molecule has 194 valence electrons. The van der Waals surface area contributed by atoms with Crippen molar-refractivity contribution in [2.75, 3.05) is 16.9 Å². The molecule has 1 unspecified atom stereocenters. The highest BCUT2D eigenvalue weighted by Crippen LogP contribution is 2.40. The Labute approximate surface area is 222 Å². The first-order valence-electron chi connectivity index (χ1n) is 10.5. The van der Waals surface area contributed by atoms with Gasteiger partial charge in [-0.15, -0.1) is 34.7 Å². The second-order valence-corrected chi connectivity index (χ2v) is 10.2. The number of carbonyl (C=O) groups is 4. The number of ether oxygens (including phenoxy) is 1. The number of nitro benzene ring substituents is 1. The van der Waals surface area contributed by atoms with E-state index in [2.05, 4.69) is 15.6 Å². The Kier molecular flexibility index (Phi) is 7.94. The smallest absolute Gasteiger partial charge is 0.358 e. The largest absolute Gasteiger partial charge is 0.509 e. The number of esters is 1. The summed E-state index contributed by atoms with van der Waals surface area (Å²) < 4.78 is 5.21. The Morgan fingerprint density at radius 3 is 2.68 bits per heavy atom. The van der Waals surface area contributed by atoms with Crippen molar-refractivity contribution in [3.05, 3.63) is 62.5 Å². The van der Waals surface area contributed by atoms with Crippen molar-refractivity contribution in [1.82, 2.24) is 15.2 Å². The number of halogens is 1. The second-order valence-electron chi connectivity index (χ2n) is 7.74. The Morgan fingerprint density at radius 2 is 2.00 bits per heavy atom. The summed E-state index contributed by atoms with van der Waals surface area (Å²) in [5.74, 6) is -2.94. The number of benzene rings is 1. The molecule has 3 N–H and O–H groups in total. The van der Waals surface area contributed by atoms with Crippen LogP contribution in [-0.2, 0) is 36.9 Å². The van der Waals surface area contributed by atoms with Crippen LogP contribution < -0.4 is 10.6 Å². The lowest BCUT2D eigenvalue weighted by atomic mass is 10.0. The molecule has 3 heterocycles. The highest BCUT2D eigenvalue weighted by molar-refractivity contribution is 8.00. The highest BCUT2D eigenvalue weighted by Gasteiger charge is 2.54. The third kappa shape index (κ3) is 5.84. The van der Waals surface area contributed by atoms with Gasteiger partial charge in [0.05, 0.1) is 17.1 Å². The molecule has 37 heavy (non-hydrogen) atoms. The molecular weight excluding hydrogens is 550 g/mol. The lowest BCUT2D eigenvalue weighted by Crippen LogP contribution is -2.70. The van der Waals surface area contributed by atoms with E-state index in [1.54, 1.807) is 0 Å². The van der Waals surface area contributed by atoms with Gasteiger partial charge in [0, 0.05) is 23.2 Å². The SMILES string of the molecule is O=C(CCl)Nc1ncc(CC(=O)NC2C(=O)N3C(C(=O)OCc4ccc([N+](=O)[O-])cc4)=C(O)CS[C@@H]23)s1. The third-order valence-electron chi connectivity index (χ3n) is 5.23. The fourth-order valence-electron chi connectivity index (χ4n) is 3.51. The van der Waals surface area contributed by atoms with Crippen LogP contribution in [0.4, 0.5) is 10.8 Å². The van der Waals surface area contributed by atoms with Crippen molar-refractivity contribution >= 4 is 69.2 Å². The van der Waals surface area contributed by atoms with Gasteiger partial charge in [-0.1, -0.05) is 0 Å². The predicted molar refractivity (Wildman–Crippen MR) is 133 cm³/mol. The molecule has 2 aliphatic heterocycles. The first-order chi connectivity index (χ1) is 17.7. The van der Waals surface area contributed by atoms with Gasteiger partial charge in [0.1, 0.15) is 29.7 Å². The zero-order valence-corrected chi connectivity index (χ0v) is 21.1. The summed E-state index contributed by atoms with van der Waals surface area (Å²) >= 11 is 7.71. The molecule has 0 aliphatic carbocycles. The molecule has 0 radical (unpaired) electrons. The predicted octanol–water partition coefficient (Wildman–Crippen LogP) is 1.68. The van der Waals surface area contributed by atoms with Crippen molar-refractivity contribution < 1.29 is 33.9 Å². The molecule has 3 amide bonds. The summed E-state index contributed by atoms with van der Waals surface area (Å²) in [5.41, 5.74) is 0.0632. The van der Waals surface area contributed by atoms with E-state index in [9.17, 15) is 34.4 Å². The average Bonchev–Trinajstić information content (AvgIpc) is 3.31. The summed E-state index contributed by atoms with van der Waals surface area (Å²) in [4.78, 5) is 65.2. The molecule has 2 aliphatic rings. The Bertz CT molecular complexity index is 1300. The fraction of sp³-hybridized carbons (Fsp3) is 0.286. The quantitative estimate of drug-likeness (QED) is 0.132. The number of rotatable bonds is 9. The van der Waals surface area contributed by atoms with Gasteiger partial charge in [-0.05, 0) is 17.7 Å². The zero-order chi connectivity index (χ0) is 26.7. The number of aromatic nitrogens is 1. The number of non-ortho nitro benzene ring substituents is 1. The molecule has 2 atom stereocenters. The molecule has 4 rings (SSSR count). The monoisotopic (exact) mass is 567 g/mol. The maximum absolute atomic E-state index is 12.8. The number of thioether (sulfide) groups is 1. The summed E-state index contributed by atoms with van der Waals surface area (Å²) in [7, 11) is 0. The number of alkyl halides is 1. The fourth-order valence-corrected chi connectivity index (χ4v) is 5.60. The highest BCUT2D eigenvalue weighted by atomic mass is 35.5. The minimum absolute atomic E-state index is 0.0290. The third-order valence-corrected chi connectivity index (χ3v) is 7.65. The summed E-state index contributed by atoms with van der Waals surface area (Å²) in [6.45, 7) is -0.226. The normalized spacial score (nSPS) is 18.5. The number of aliphatic hydroxyl groups excluding tert-OH is 1. The van der Waals surface area contributed by atoms with E-state index >= 15 is 0 Å². The van der Waals surface area contributed by atoms with Crippen molar-refractivity contribution in [2.45, 2.75) is 24.4 Å². The van der Waals surface area contributed by atoms with Gasteiger partial charge in [-0.25, -0.2) is 9.78 Å². The molecular formula is C21H18ClN5O8S2. The molecule has 0 bridgehead atoms. The van der Waals surface area contributed by atoms with Crippen molar-refractivity contribution in [3.8, 4) is 0 Å². The van der Waals surface area contributed by atoms with Crippen LogP contribution >= 0.6 is 34.7 Å². The lowest BCUT2D eigenvalue weighted by Gasteiger charge is -2.48. The summed E-state index contributed by atoms with van der Waals surface area (Å²) in [6.07, 6.45) is 1.35. The van der Waals surface area contributed by atoms with Gasteiger partial charge in [-0.2, -0.15) is 0 Å². The number of β-lactam (4-membered cyclic amide) rings is 1. The number of amides is 3. The minimum Gasteiger partial charge on any atom is -0.509 e. The van der Waals surface area contributed by atoms with Crippen LogP contribution in [0, 0.1) is 10.1 Å². The number of hydrogen-bond donors (Lipinski definition) is 3. The molecule has 1 aromatic heterocycles. The number of carbonyl (C=O) groups excluding carboxylic acids is 4. The van der Waals surface area contributed by atoms with Crippen LogP contribution in [0.25, 0.3) is 0 Å². The number of nitro groups is 1. The van der Waals surface area contributed by atoms with Crippen molar-refractivity contribution in [3.63, 3.8) is 0 Å². The van der Waals surface area contributed by atoms with Gasteiger partial charge in [0.2, 0.25) is 11.8 Å². The van der Waals surface area contributed by atoms with E-state index in [0.717, 1.165) is 16.2 Å². The number of thiazole rings is 1. The van der Waals surface area contributed by atoms with E-state index in [1.165, 1.54) is 42.2 Å². The van der Waals surface area contributed by atoms with E-state index in [1.807, 2.05) is 0 Å². The van der Waals surface area contributed by atoms with Crippen molar-refractivity contribution in [1.29, 1.82) is 0 Å². The number of anilines is 1. The Morgan fingerprint density at radius 1 is 1.27 bits per heavy atom. The summed E-state index contributed by atoms with van der Waals surface area (Å²) in [5, 5.41) is 25.8. The van der Waals surface area contributed by atoms with E-state index in [0.29, 0.717) is 15.6 Å². The van der Waals surface area contributed by atoms with Crippen molar-refractivity contribution in [2.24, 2.45) is 0 Å². The number of hydrogen-bond acceptors (Lipinski definition) is 11. The van der Waals surface area contributed by atoms with Gasteiger partial charge < -0.3 is 20.5 Å². The van der Waals surface area contributed by atoms with Crippen LogP contribution in [0.3, 0.4) is 0 Å². The second kappa shape index (κ2) is 11.1. The van der Waals surface area contributed by atoms with Gasteiger partial charge in [-0.3, -0.25) is 29.4 Å². The van der Waals surface area contributed by atoms with E-state index in [4.69, 9.17) is 16.3 Å². The molecule has 2 aromatic rings. The standard InChI is InChI=1S/C21H18ClN5O8S2/c22-6-15(30)25-21-23-7-12(37-21)5-14(29)24-16-18(31)26-17(13(28)9-36-19(16)26)20(32)35-8-10-1-3-11(4-2-10)27(33)34/h1-4,7,16,19,28H,5-6,8-9H2,(H,24,29)(H,23,25,30)/t16?,19-/m0/s1. The molecule has 16 heteroatoms. The van der Waals surface area contributed by atoms with Crippen LogP contribution in [0.2, 0.25) is 0 Å². The molecule has 1 fully saturated rings. The molecule has 1 saturated heterocycles. The maximum Gasteiger partial charge on any atom is 0.358 e. The first kappa shape index (κ1) is 26.4. The maximum atomic E-state index is 12.8. The Balaban J connectivity index is 1.33. The van der Waals surface area contributed by atoms with E-state index < -0.39 is 40.0 Å². The van der Waals surface area contributed by atoms with Crippen LogP contribution in [-0.4, -0.2) is 66.7 Å². The average molecular weight is 568 g/mol. The van der Waals surface area contributed by atoms with Crippen LogP contribution in [0.1, 0.15) is 10.4 Å². The number of nitrogens with one attached hydrogen (secondary N) is 2. The van der Waals surface area contributed by atoms with Gasteiger partial charge in [0.15, 0.2) is 10.8 Å². The van der Waals surface area contributed by atoms with Crippen LogP contribution in [0.5, 0.6) is 0 Å². The molecule has 0 spiro atoms. The van der Waals surface area contributed by atoms with E-state index in [-0.39, 0.29) is 41.8 Å². The Hall–Kier alpha value is -3.69. The zero-order valence-electron chi connectivity index (χ0n) is 18.7. The lowest BCUT2D eigenvalue weighted by molar-refractivity contribution is -0.384.